The zero-order chi connectivity index (χ0) is 22.5. The lowest BCUT2D eigenvalue weighted by atomic mass is 9.87. The number of thiazole rings is 1. The zero-order valence-corrected chi connectivity index (χ0v) is 19.7. The maximum Gasteiger partial charge on any atom is 0.322 e. The van der Waals surface area contributed by atoms with Gasteiger partial charge in [-0.15, -0.1) is 11.3 Å². The lowest BCUT2D eigenvalue weighted by Gasteiger charge is -2.41. The number of anilines is 1. The number of piperidine rings is 1. The lowest BCUT2D eigenvalue weighted by molar-refractivity contribution is 0.121. The summed E-state index contributed by atoms with van der Waals surface area (Å²) in [5.74, 6) is 0. The van der Waals surface area contributed by atoms with Crippen molar-refractivity contribution in [3.8, 4) is 0 Å². The third kappa shape index (κ3) is 3.89. The molecule has 3 aromatic rings. The van der Waals surface area contributed by atoms with Gasteiger partial charge in [0.05, 0.1) is 32.7 Å². The molecule has 2 amide bonds. The van der Waals surface area contributed by atoms with Gasteiger partial charge < -0.3 is 5.32 Å². The lowest BCUT2D eigenvalue weighted by Crippen LogP contribution is -2.52. The Labute approximate surface area is 192 Å². The van der Waals surface area contributed by atoms with Gasteiger partial charge >= 0.3 is 6.03 Å². The van der Waals surface area contributed by atoms with E-state index in [0.717, 1.165) is 31.4 Å². The number of rotatable bonds is 4. The van der Waals surface area contributed by atoms with Crippen molar-refractivity contribution in [3.63, 3.8) is 0 Å². The highest BCUT2D eigenvalue weighted by molar-refractivity contribution is 7.90. The van der Waals surface area contributed by atoms with Crippen LogP contribution in [0.25, 0.3) is 10.2 Å². The van der Waals surface area contributed by atoms with Crippen molar-refractivity contribution in [1.82, 2.24) is 15.2 Å². The quantitative estimate of drug-likeness (QED) is 0.627. The van der Waals surface area contributed by atoms with Crippen LogP contribution in [0.3, 0.4) is 0 Å². The van der Waals surface area contributed by atoms with E-state index in [1.54, 1.807) is 40.5 Å². The Hall–Kier alpha value is -2.49. The van der Waals surface area contributed by atoms with Crippen LogP contribution in [0, 0.1) is 0 Å². The van der Waals surface area contributed by atoms with Crippen LogP contribution in [-0.2, 0) is 9.84 Å². The Kier molecular flexibility index (Phi) is 5.22. The Balaban J connectivity index is 1.29. The molecule has 1 spiro atoms. The minimum atomic E-state index is -3.33. The molecule has 3 heterocycles. The molecule has 5 rings (SSSR count). The first-order valence-electron chi connectivity index (χ1n) is 10.7. The summed E-state index contributed by atoms with van der Waals surface area (Å²) in [5.41, 5.74) is 4.52. The number of nitrogens with one attached hydrogen (secondary N) is 1. The number of urea groups is 1. The zero-order valence-electron chi connectivity index (χ0n) is 18.1. The van der Waals surface area contributed by atoms with Crippen molar-refractivity contribution >= 4 is 43.1 Å². The molecule has 9 heteroatoms. The van der Waals surface area contributed by atoms with Crippen LogP contribution in [0.4, 0.5) is 10.5 Å². The minimum Gasteiger partial charge on any atom is -0.330 e. The summed E-state index contributed by atoms with van der Waals surface area (Å²) in [6.45, 7) is 4.54. The van der Waals surface area contributed by atoms with E-state index in [1.165, 1.54) is 16.5 Å². The van der Waals surface area contributed by atoms with Gasteiger partial charge in [0.1, 0.15) is 0 Å². The molecule has 2 aromatic carbocycles. The minimum absolute atomic E-state index is 0.161. The van der Waals surface area contributed by atoms with Gasteiger partial charge in [0.2, 0.25) is 0 Å². The van der Waals surface area contributed by atoms with Gasteiger partial charge in [0, 0.05) is 31.1 Å². The maximum absolute atomic E-state index is 12.8. The van der Waals surface area contributed by atoms with Crippen LogP contribution in [-0.4, -0.2) is 55.8 Å². The molecule has 32 heavy (non-hydrogen) atoms. The first-order chi connectivity index (χ1) is 15.2. The predicted molar refractivity (Wildman–Crippen MR) is 127 cm³/mol. The van der Waals surface area contributed by atoms with E-state index in [2.05, 4.69) is 40.3 Å². The summed E-state index contributed by atoms with van der Waals surface area (Å²) in [4.78, 5) is 21.6. The van der Waals surface area contributed by atoms with E-state index in [0.29, 0.717) is 12.2 Å². The first-order valence-corrected chi connectivity index (χ1v) is 13.5. The van der Waals surface area contributed by atoms with Gasteiger partial charge in [-0.1, -0.05) is 12.1 Å². The summed E-state index contributed by atoms with van der Waals surface area (Å²) in [6, 6.07) is 13.2. The number of carbonyl (C=O) groups is 1. The molecule has 2 saturated heterocycles. The van der Waals surface area contributed by atoms with Gasteiger partial charge in [-0.2, -0.15) is 0 Å². The van der Waals surface area contributed by atoms with Crippen LogP contribution in [0.2, 0.25) is 0 Å². The average Bonchev–Trinajstić information content (AvgIpc) is 3.37. The van der Waals surface area contributed by atoms with Crippen LogP contribution in [0.5, 0.6) is 0 Å². The smallest absolute Gasteiger partial charge is 0.322 e. The Morgan fingerprint density at radius 3 is 2.69 bits per heavy atom. The highest BCUT2D eigenvalue weighted by Gasteiger charge is 2.45. The monoisotopic (exact) mass is 470 g/mol. The van der Waals surface area contributed by atoms with Crippen molar-refractivity contribution in [3.05, 3.63) is 53.5 Å². The van der Waals surface area contributed by atoms with Crippen molar-refractivity contribution in [2.24, 2.45) is 0 Å². The number of sulfone groups is 1. The number of amides is 2. The standard InChI is InChI=1S/C23H26N4O3S2/c1-16(17-6-7-21-20(12-17)24-15-31-21)26-10-8-23(9-11-26)14-27(22(28)25-23)18-4-3-5-19(13-18)32(2,29)30/h3-7,12-13,15-16H,8-11,14H2,1-2H3,(H,25,28)/t16-/m1/s1. The number of likely N-dealkylation sites (tertiary alicyclic amines) is 1. The molecule has 0 aliphatic carbocycles. The van der Waals surface area contributed by atoms with E-state index < -0.39 is 9.84 Å². The fourth-order valence-electron chi connectivity index (χ4n) is 4.77. The second-order valence-corrected chi connectivity index (χ2v) is 11.8. The van der Waals surface area contributed by atoms with Gasteiger partial charge in [-0.3, -0.25) is 9.80 Å². The molecule has 168 valence electrons. The Morgan fingerprint density at radius 2 is 1.94 bits per heavy atom. The number of fused-ring (bicyclic) bond motifs is 1. The molecule has 0 radical (unpaired) electrons. The molecule has 0 bridgehead atoms. The van der Waals surface area contributed by atoms with Gasteiger partial charge in [0.15, 0.2) is 9.84 Å². The Morgan fingerprint density at radius 1 is 1.16 bits per heavy atom. The van der Waals surface area contributed by atoms with E-state index >= 15 is 0 Å². The van der Waals surface area contributed by atoms with Crippen LogP contribution < -0.4 is 10.2 Å². The van der Waals surface area contributed by atoms with Crippen LogP contribution >= 0.6 is 11.3 Å². The number of hydrogen-bond acceptors (Lipinski definition) is 6. The Bertz CT molecular complexity index is 1280. The third-order valence-corrected chi connectivity index (χ3v) is 8.70. The van der Waals surface area contributed by atoms with E-state index in [-0.39, 0.29) is 22.5 Å². The molecule has 1 aromatic heterocycles. The van der Waals surface area contributed by atoms with Gasteiger partial charge in [0.25, 0.3) is 0 Å². The van der Waals surface area contributed by atoms with Crippen LogP contribution in [0.15, 0.2) is 52.9 Å². The summed E-state index contributed by atoms with van der Waals surface area (Å²) in [5, 5.41) is 3.20. The predicted octanol–water partition coefficient (Wildman–Crippen LogP) is 3.83. The molecule has 2 fully saturated rings. The highest BCUT2D eigenvalue weighted by Crippen LogP contribution is 2.35. The number of aromatic nitrogens is 1. The van der Waals surface area contributed by atoms with E-state index in [4.69, 9.17) is 0 Å². The highest BCUT2D eigenvalue weighted by atomic mass is 32.2. The second-order valence-electron chi connectivity index (χ2n) is 8.86. The van der Waals surface area contributed by atoms with Crippen molar-refractivity contribution in [1.29, 1.82) is 0 Å². The summed E-state index contributed by atoms with van der Waals surface area (Å²) >= 11 is 1.65. The molecule has 2 aliphatic rings. The molecule has 1 atom stereocenters. The fraction of sp³-hybridized carbons (Fsp3) is 0.391. The fourth-order valence-corrected chi connectivity index (χ4v) is 6.09. The van der Waals surface area contributed by atoms with Crippen molar-refractivity contribution in [2.75, 3.05) is 30.8 Å². The van der Waals surface area contributed by atoms with E-state index in [9.17, 15) is 13.2 Å². The number of benzene rings is 2. The molecule has 1 N–H and O–H groups in total. The second kappa shape index (κ2) is 7.83. The number of hydrogen-bond donors (Lipinski definition) is 1. The maximum atomic E-state index is 12.8. The largest absolute Gasteiger partial charge is 0.330 e. The van der Waals surface area contributed by atoms with Crippen molar-refractivity contribution < 1.29 is 13.2 Å². The van der Waals surface area contributed by atoms with Gasteiger partial charge in [-0.05, 0) is 55.7 Å². The molecule has 7 nitrogen and oxygen atoms in total. The van der Waals surface area contributed by atoms with Gasteiger partial charge in [-0.25, -0.2) is 18.2 Å². The average molecular weight is 471 g/mol. The molecular formula is C23H26N4O3S2. The summed E-state index contributed by atoms with van der Waals surface area (Å²) in [7, 11) is -3.33. The molecule has 2 aliphatic heterocycles. The number of nitrogens with zero attached hydrogens (tertiary/aromatic N) is 3. The summed E-state index contributed by atoms with van der Waals surface area (Å²) in [6.07, 6.45) is 2.88. The molecule has 0 saturated carbocycles. The normalized spacial score (nSPS) is 20.1. The van der Waals surface area contributed by atoms with Crippen molar-refractivity contribution in [2.45, 2.75) is 36.2 Å². The summed E-state index contributed by atoms with van der Waals surface area (Å²) < 4.78 is 25.0. The van der Waals surface area contributed by atoms with E-state index in [1.807, 2.05) is 5.51 Å². The third-order valence-electron chi connectivity index (χ3n) is 6.78. The SMILES string of the molecule is C[C@H](c1ccc2scnc2c1)N1CCC2(CC1)CN(c1cccc(S(C)(=O)=O)c1)C(=O)N2. The molecule has 0 unspecified atom stereocenters. The van der Waals surface area contributed by atoms with Crippen LogP contribution in [0.1, 0.15) is 31.4 Å². The topological polar surface area (TPSA) is 82.6 Å². The molecular weight excluding hydrogens is 444 g/mol. The first kappa shape index (κ1) is 21.4. The number of carbonyl (C=O) groups excluding carboxylic acids is 1.